The molecule has 10 heteroatoms. The molecule has 0 bridgehead atoms. The Morgan fingerprint density at radius 2 is 1.83 bits per heavy atom. The Balaban J connectivity index is 1.38. The maximum absolute atomic E-state index is 12.8. The summed E-state index contributed by atoms with van der Waals surface area (Å²) in [6.07, 6.45) is -4.43. The van der Waals surface area contributed by atoms with Crippen molar-refractivity contribution in [3.63, 3.8) is 0 Å². The lowest BCUT2D eigenvalue weighted by Crippen LogP contribution is -2.39. The first-order chi connectivity index (χ1) is 14.3. The SMILES string of the molecule is O=C(Nc1cccc(C(F)(F)F)c1)N[C@H]1CC(=O)N(c2ccc3c(c2)OCCO3)C1. The van der Waals surface area contributed by atoms with Crippen LogP contribution in [0.25, 0.3) is 0 Å². The van der Waals surface area contributed by atoms with Crippen molar-refractivity contribution in [2.45, 2.75) is 18.6 Å². The van der Waals surface area contributed by atoms with Gasteiger partial charge in [0.1, 0.15) is 13.2 Å². The number of anilines is 2. The van der Waals surface area contributed by atoms with Crippen molar-refractivity contribution in [1.82, 2.24) is 5.32 Å². The van der Waals surface area contributed by atoms with Gasteiger partial charge in [-0.25, -0.2) is 4.79 Å². The van der Waals surface area contributed by atoms with E-state index >= 15 is 0 Å². The standard InChI is InChI=1S/C20H18F3N3O4/c21-20(22,23)12-2-1-3-13(8-12)24-19(28)25-14-9-18(27)26(11-14)15-4-5-16-17(10-15)30-7-6-29-16/h1-5,8,10,14H,6-7,9,11H2,(H2,24,25,28)/t14-/m0/s1. The van der Waals surface area contributed by atoms with Gasteiger partial charge < -0.3 is 25.0 Å². The minimum absolute atomic E-state index is 0.00957. The van der Waals surface area contributed by atoms with Crippen molar-refractivity contribution in [1.29, 1.82) is 0 Å². The first-order valence-electron chi connectivity index (χ1n) is 9.24. The van der Waals surface area contributed by atoms with Crippen LogP contribution in [0.1, 0.15) is 12.0 Å². The molecule has 2 heterocycles. The van der Waals surface area contributed by atoms with Crippen LogP contribution in [0.2, 0.25) is 0 Å². The number of nitrogens with one attached hydrogen (secondary N) is 2. The number of carbonyl (C=O) groups excluding carboxylic acids is 2. The Morgan fingerprint density at radius 3 is 2.60 bits per heavy atom. The number of benzene rings is 2. The minimum atomic E-state index is -4.50. The van der Waals surface area contributed by atoms with Gasteiger partial charge in [0.25, 0.3) is 0 Å². The predicted octanol–water partition coefficient (Wildman–Crippen LogP) is 3.40. The number of urea groups is 1. The molecule has 30 heavy (non-hydrogen) atoms. The summed E-state index contributed by atoms with van der Waals surface area (Å²) in [7, 11) is 0. The summed E-state index contributed by atoms with van der Waals surface area (Å²) >= 11 is 0. The Kier molecular flexibility index (Phi) is 5.15. The fraction of sp³-hybridized carbons (Fsp3) is 0.300. The summed E-state index contributed by atoms with van der Waals surface area (Å²) in [4.78, 5) is 26.1. The van der Waals surface area contributed by atoms with Gasteiger partial charge in [-0.05, 0) is 30.3 Å². The number of rotatable bonds is 3. The molecule has 2 aliphatic heterocycles. The molecule has 1 atom stereocenters. The number of ether oxygens (including phenoxy) is 2. The van der Waals surface area contributed by atoms with Gasteiger partial charge in [-0.3, -0.25) is 4.79 Å². The first kappa shape index (κ1) is 19.9. The highest BCUT2D eigenvalue weighted by Gasteiger charge is 2.33. The van der Waals surface area contributed by atoms with E-state index in [0.29, 0.717) is 30.4 Å². The normalized spacial score (nSPS) is 18.3. The van der Waals surface area contributed by atoms with Crippen LogP contribution in [0, 0.1) is 0 Å². The molecule has 158 valence electrons. The van der Waals surface area contributed by atoms with E-state index in [-0.39, 0.29) is 24.6 Å². The zero-order chi connectivity index (χ0) is 21.3. The van der Waals surface area contributed by atoms with Crippen molar-refractivity contribution in [3.05, 3.63) is 48.0 Å². The number of alkyl halides is 3. The monoisotopic (exact) mass is 421 g/mol. The molecule has 0 radical (unpaired) electrons. The van der Waals surface area contributed by atoms with Crippen LogP contribution in [0.15, 0.2) is 42.5 Å². The third kappa shape index (κ3) is 4.27. The largest absolute Gasteiger partial charge is 0.486 e. The molecule has 0 saturated carbocycles. The molecule has 7 nitrogen and oxygen atoms in total. The van der Waals surface area contributed by atoms with Crippen LogP contribution in [0.4, 0.5) is 29.3 Å². The predicted molar refractivity (Wildman–Crippen MR) is 102 cm³/mol. The number of fused-ring (bicyclic) bond motifs is 1. The third-order valence-corrected chi connectivity index (χ3v) is 4.75. The number of carbonyl (C=O) groups is 2. The van der Waals surface area contributed by atoms with E-state index in [9.17, 15) is 22.8 Å². The van der Waals surface area contributed by atoms with E-state index in [4.69, 9.17) is 9.47 Å². The van der Waals surface area contributed by atoms with E-state index in [1.54, 1.807) is 18.2 Å². The molecule has 2 N–H and O–H groups in total. The number of nitrogens with zero attached hydrogens (tertiary/aromatic N) is 1. The highest BCUT2D eigenvalue weighted by Crippen LogP contribution is 2.35. The van der Waals surface area contributed by atoms with Crippen molar-refractivity contribution >= 4 is 23.3 Å². The summed E-state index contributed by atoms with van der Waals surface area (Å²) in [6.45, 7) is 1.11. The highest BCUT2D eigenvalue weighted by atomic mass is 19.4. The maximum Gasteiger partial charge on any atom is 0.416 e. The third-order valence-electron chi connectivity index (χ3n) is 4.75. The second kappa shape index (κ2) is 7.77. The molecule has 1 saturated heterocycles. The topological polar surface area (TPSA) is 79.9 Å². The second-order valence-electron chi connectivity index (χ2n) is 6.91. The van der Waals surface area contributed by atoms with Crippen LogP contribution < -0.4 is 25.0 Å². The van der Waals surface area contributed by atoms with Gasteiger partial charge in [0, 0.05) is 30.4 Å². The average Bonchev–Trinajstić information content (AvgIpc) is 3.07. The molecule has 0 aromatic heterocycles. The van der Waals surface area contributed by atoms with Crippen molar-refractivity contribution in [2.24, 2.45) is 0 Å². The Bertz CT molecular complexity index is 980. The van der Waals surface area contributed by atoms with E-state index in [0.717, 1.165) is 12.1 Å². The maximum atomic E-state index is 12.8. The zero-order valence-corrected chi connectivity index (χ0v) is 15.7. The molecule has 2 aromatic carbocycles. The van der Waals surface area contributed by atoms with Crippen molar-refractivity contribution in [3.8, 4) is 11.5 Å². The summed E-state index contributed by atoms with van der Waals surface area (Å²) in [5, 5.41) is 5.00. The summed E-state index contributed by atoms with van der Waals surface area (Å²) in [5.74, 6) is 0.966. The Morgan fingerprint density at radius 1 is 1.07 bits per heavy atom. The number of amides is 3. The Hall–Kier alpha value is -3.43. The molecular weight excluding hydrogens is 403 g/mol. The Labute approximate surface area is 169 Å². The van der Waals surface area contributed by atoms with Gasteiger partial charge in [0.2, 0.25) is 5.91 Å². The minimum Gasteiger partial charge on any atom is -0.486 e. The fourth-order valence-corrected chi connectivity index (χ4v) is 3.38. The molecular formula is C20H18F3N3O4. The molecule has 2 aromatic rings. The fourth-order valence-electron chi connectivity index (χ4n) is 3.38. The summed E-state index contributed by atoms with van der Waals surface area (Å²) in [5.41, 5.74) is -0.233. The lowest BCUT2D eigenvalue weighted by molar-refractivity contribution is -0.137. The first-order valence-corrected chi connectivity index (χ1v) is 9.24. The second-order valence-corrected chi connectivity index (χ2v) is 6.91. The number of hydrogen-bond acceptors (Lipinski definition) is 4. The molecule has 0 unspecified atom stereocenters. The summed E-state index contributed by atoms with van der Waals surface area (Å²) in [6, 6.07) is 8.32. The van der Waals surface area contributed by atoms with Crippen LogP contribution in [-0.2, 0) is 11.0 Å². The number of hydrogen-bond donors (Lipinski definition) is 2. The van der Waals surface area contributed by atoms with Gasteiger partial charge in [0.15, 0.2) is 11.5 Å². The van der Waals surface area contributed by atoms with Crippen LogP contribution >= 0.6 is 0 Å². The van der Waals surface area contributed by atoms with Crippen LogP contribution in [-0.4, -0.2) is 37.7 Å². The van der Waals surface area contributed by atoms with Crippen molar-refractivity contribution in [2.75, 3.05) is 30.0 Å². The van der Waals surface area contributed by atoms with Gasteiger partial charge in [0.05, 0.1) is 11.6 Å². The quantitative estimate of drug-likeness (QED) is 0.796. The van der Waals surface area contributed by atoms with E-state index < -0.39 is 23.8 Å². The smallest absolute Gasteiger partial charge is 0.416 e. The van der Waals surface area contributed by atoms with Gasteiger partial charge in [-0.2, -0.15) is 13.2 Å². The lowest BCUT2D eigenvalue weighted by atomic mass is 10.2. The van der Waals surface area contributed by atoms with E-state index in [1.807, 2.05) is 0 Å². The average molecular weight is 421 g/mol. The van der Waals surface area contributed by atoms with Gasteiger partial charge >= 0.3 is 12.2 Å². The molecule has 0 aliphatic carbocycles. The van der Waals surface area contributed by atoms with Crippen LogP contribution in [0.5, 0.6) is 11.5 Å². The highest BCUT2D eigenvalue weighted by molar-refractivity contribution is 5.98. The van der Waals surface area contributed by atoms with E-state index in [2.05, 4.69) is 10.6 Å². The molecule has 2 aliphatic rings. The summed E-state index contributed by atoms with van der Waals surface area (Å²) < 4.78 is 49.4. The van der Waals surface area contributed by atoms with Gasteiger partial charge in [-0.1, -0.05) is 6.07 Å². The molecule has 0 spiro atoms. The number of halogens is 3. The van der Waals surface area contributed by atoms with E-state index in [1.165, 1.54) is 17.0 Å². The zero-order valence-electron chi connectivity index (χ0n) is 15.7. The molecule has 4 rings (SSSR count). The van der Waals surface area contributed by atoms with Crippen molar-refractivity contribution < 1.29 is 32.2 Å². The molecule has 3 amide bonds. The lowest BCUT2D eigenvalue weighted by Gasteiger charge is -2.22. The van der Waals surface area contributed by atoms with Crippen LogP contribution in [0.3, 0.4) is 0 Å². The van der Waals surface area contributed by atoms with Gasteiger partial charge in [-0.15, -0.1) is 0 Å². The molecule has 1 fully saturated rings.